The second kappa shape index (κ2) is 8.54. The molecule has 2 aromatic carbocycles. The van der Waals surface area contributed by atoms with E-state index in [1.165, 1.54) is 0 Å². The fourth-order valence-electron chi connectivity index (χ4n) is 2.83. The second-order valence-electron chi connectivity index (χ2n) is 6.44. The van der Waals surface area contributed by atoms with E-state index in [2.05, 4.69) is 11.9 Å². The summed E-state index contributed by atoms with van der Waals surface area (Å²) in [5, 5.41) is 0. The number of rotatable bonds is 7. The van der Waals surface area contributed by atoms with Crippen molar-refractivity contribution < 1.29 is 4.74 Å². The van der Waals surface area contributed by atoms with Crippen LogP contribution in [0, 0.1) is 6.92 Å². The van der Waals surface area contributed by atoms with E-state index >= 15 is 0 Å². The first-order chi connectivity index (χ1) is 13.1. The quantitative estimate of drug-likeness (QED) is 0.461. The maximum atomic E-state index is 12.8. The molecule has 140 valence electrons. The van der Waals surface area contributed by atoms with Crippen molar-refractivity contribution in [3.63, 3.8) is 0 Å². The molecule has 27 heavy (non-hydrogen) atoms. The van der Waals surface area contributed by atoms with Crippen LogP contribution in [0.1, 0.15) is 31.0 Å². The van der Waals surface area contributed by atoms with E-state index in [1.807, 2.05) is 73.3 Å². The summed E-state index contributed by atoms with van der Waals surface area (Å²) in [6, 6.07) is 17.3. The van der Waals surface area contributed by atoms with Crippen LogP contribution in [-0.4, -0.2) is 22.2 Å². The smallest absolute Gasteiger partial charge is 0.297 e. The van der Waals surface area contributed by atoms with E-state index < -0.39 is 0 Å². The van der Waals surface area contributed by atoms with Crippen molar-refractivity contribution in [3.8, 4) is 11.4 Å². The number of aliphatic imine (C=N–C) groups is 1. The molecule has 3 rings (SSSR count). The lowest BCUT2D eigenvalue weighted by atomic mass is 10.2. The number of hydrogen-bond donors (Lipinski definition) is 0. The van der Waals surface area contributed by atoms with Gasteiger partial charge in [0.1, 0.15) is 5.75 Å². The highest BCUT2D eigenvalue weighted by Gasteiger charge is 2.14. The van der Waals surface area contributed by atoms with Crippen molar-refractivity contribution in [1.82, 2.24) is 9.36 Å². The number of para-hydroxylation sites is 1. The molecule has 0 unspecified atom stereocenters. The molecule has 5 heteroatoms. The van der Waals surface area contributed by atoms with Gasteiger partial charge in [0.15, 0.2) is 5.69 Å². The van der Waals surface area contributed by atoms with Gasteiger partial charge in [0, 0.05) is 13.3 Å². The molecule has 5 nitrogen and oxygen atoms in total. The van der Waals surface area contributed by atoms with E-state index in [4.69, 9.17) is 4.74 Å². The van der Waals surface area contributed by atoms with Gasteiger partial charge in [0.2, 0.25) is 0 Å². The lowest BCUT2D eigenvalue weighted by Gasteiger charge is -2.07. The standard InChI is InChI=1S/C22H25N3O2/c1-4-5-15-27-20-13-11-18(12-14-20)16-23-21-17(2)24(3)25(22(21)26)19-9-7-6-8-10-19/h6-14,16H,4-5,15H2,1-3H3. The molecule has 0 spiro atoms. The predicted molar refractivity (Wildman–Crippen MR) is 110 cm³/mol. The van der Waals surface area contributed by atoms with Crippen LogP contribution in [0.5, 0.6) is 5.75 Å². The molecule has 3 aromatic rings. The van der Waals surface area contributed by atoms with Crippen LogP contribution in [0.25, 0.3) is 5.69 Å². The van der Waals surface area contributed by atoms with Crippen LogP contribution < -0.4 is 10.3 Å². The molecule has 1 aromatic heterocycles. The normalized spacial score (nSPS) is 11.2. The Morgan fingerprint density at radius 1 is 1.07 bits per heavy atom. The van der Waals surface area contributed by atoms with Gasteiger partial charge in [-0.25, -0.2) is 9.67 Å². The average molecular weight is 363 g/mol. The lowest BCUT2D eigenvalue weighted by molar-refractivity contribution is 0.309. The Hall–Kier alpha value is -3.08. The minimum atomic E-state index is -0.128. The molecular formula is C22H25N3O2. The molecule has 0 bridgehead atoms. The zero-order valence-corrected chi connectivity index (χ0v) is 16.1. The third-order valence-corrected chi connectivity index (χ3v) is 4.51. The minimum Gasteiger partial charge on any atom is -0.494 e. The summed E-state index contributed by atoms with van der Waals surface area (Å²) in [5.41, 5.74) is 2.89. The zero-order chi connectivity index (χ0) is 19.2. The maximum absolute atomic E-state index is 12.8. The molecule has 0 aliphatic heterocycles. The molecular weight excluding hydrogens is 338 g/mol. The van der Waals surface area contributed by atoms with Gasteiger partial charge >= 0.3 is 0 Å². The van der Waals surface area contributed by atoms with Gasteiger partial charge in [-0.2, -0.15) is 0 Å². The summed E-state index contributed by atoms with van der Waals surface area (Å²) < 4.78 is 9.13. The molecule has 0 saturated carbocycles. The monoisotopic (exact) mass is 363 g/mol. The number of hydrogen-bond acceptors (Lipinski definition) is 3. The van der Waals surface area contributed by atoms with Gasteiger partial charge in [-0.05, 0) is 55.3 Å². The third kappa shape index (κ3) is 4.19. The van der Waals surface area contributed by atoms with Crippen LogP contribution in [0.3, 0.4) is 0 Å². The average Bonchev–Trinajstić information content (AvgIpc) is 2.91. The predicted octanol–water partition coefficient (Wildman–Crippen LogP) is 4.41. The Morgan fingerprint density at radius 3 is 2.44 bits per heavy atom. The fourth-order valence-corrected chi connectivity index (χ4v) is 2.83. The second-order valence-corrected chi connectivity index (χ2v) is 6.44. The first-order valence-corrected chi connectivity index (χ1v) is 9.22. The number of nitrogens with zero attached hydrogens (tertiary/aromatic N) is 3. The molecule has 0 N–H and O–H groups in total. The number of aromatic nitrogens is 2. The first-order valence-electron chi connectivity index (χ1n) is 9.22. The van der Waals surface area contributed by atoms with Crippen molar-refractivity contribution >= 4 is 11.9 Å². The highest BCUT2D eigenvalue weighted by Crippen LogP contribution is 2.17. The van der Waals surface area contributed by atoms with Gasteiger partial charge in [-0.1, -0.05) is 31.5 Å². The highest BCUT2D eigenvalue weighted by molar-refractivity contribution is 5.82. The number of ether oxygens (including phenoxy) is 1. The molecule has 0 amide bonds. The van der Waals surface area contributed by atoms with Crippen LogP contribution >= 0.6 is 0 Å². The summed E-state index contributed by atoms with van der Waals surface area (Å²) in [4.78, 5) is 17.3. The summed E-state index contributed by atoms with van der Waals surface area (Å²) >= 11 is 0. The largest absolute Gasteiger partial charge is 0.494 e. The Kier molecular flexibility index (Phi) is 5.91. The molecule has 0 aliphatic rings. The van der Waals surface area contributed by atoms with Gasteiger partial charge in [-0.3, -0.25) is 9.48 Å². The SMILES string of the molecule is CCCCOc1ccc(C=Nc2c(C)n(C)n(-c3ccccc3)c2=O)cc1. The molecule has 0 radical (unpaired) electrons. The maximum Gasteiger partial charge on any atom is 0.297 e. The van der Waals surface area contributed by atoms with Crippen LogP contribution in [0.15, 0.2) is 64.4 Å². The van der Waals surface area contributed by atoms with E-state index in [9.17, 15) is 4.79 Å². The van der Waals surface area contributed by atoms with Crippen molar-refractivity contribution in [2.24, 2.45) is 12.0 Å². The van der Waals surface area contributed by atoms with Crippen molar-refractivity contribution in [3.05, 3.63) is 76.2 Å². The molecule has 1 heterocycles. The van der Waals surface area contributed by atoms with Crippen molar-refractivity contribution in [2.75, 3.05) is 6.61 Å². The van der Waals surface area contributed by atoms with Gasteiger partial charge in [0.25, 0.3) is 5.56 Å². The van der Waals surface area contributed by atoms with Crippen molar-refractivity contribution in [2.45, 2.75) is 26.7 Å². The summed E-state index contributed by atoms with van der Waals surface area (Å²) in [6.45, 7) is 4.77. The van der Waals surface area contributed by atoms with Crippen LogP contribution in [-0.2, 0) is 7.05 Å². The fraction of sp³-hybridized carbons (Fsp3) is 0.273. The highest BCUT2D eigenvalue weighted by atomic mass is 16.5. The molecule has 0 aliphatic carbocycles. The Balaban J connectivity index is 1.83. The topological polar surface area (TPSA) is 48.5 Å². The molecule has 0 atom stereocenters. The first kappa shape index (κ1) is 18.7. The van der Waals surface area contributed by atoms with E-state index in [0.29, 0.717) is 5.69 Å². The number of unbranched alkanes of at least 4 members (excludes halogenated alkanes) is 1. The van der Waals surface area contributed by atoms with E-state index in [1.54, 1.807) is 10.9 Å². The minimum absolute atomic E-state index is 0.128. The lowest BCUT2D eigenvalue weighted by Crippen LogP contribution is -2.19. The summed E-state index contributed by atoms with van der Waals surface area (Å²) in [5.74, 6) is 0.850. The van der Waals surface area contributed by atoms with E-state index in [0.717, 1.165) is 42.1 Å². The summed E-state index contributed by atoms with van der Waals surface area (Å²) in [6.07, 6.45) is 3.88. The zero-order valence-electron chi connectivity index (χ0n) is 16.1. The Morgan fingerprint density at radius 2 is 1.78 bits per heavy atom. The Labute approximate surface area is 159 Å². The molecule has 0 saturated heterocycles. The Bertz CT molecular complexity index is 967. The van der Waals surface area contributed by atoms with Crippen LogP contribution in [0.4, 0.5) is 5.69 Å². The number of benzene rings is 2. The van der Waals surface area contributed by atoms with E-state index in [-0.39, 0.29) is 5.56 Å². The summed E-state index contributed by atoms with van der Waals surface area (Å²) in [7, 11) is 1.87. The van der Waals surface area contributed by atoms with Gasteiger partial charge < -0.3 is 4.74 Å². The van der Waals surface area contributed by atoms with Crippen molar-refractivity contribution in [1.29, 1.82) is 0 Å². The van der Waals surface area contributed by atoms with Gasteiger partial charge in [0.05, 0.1) is 18.0 Å². The van der Waals surface area contributed by atoms with Crippen LogP contribution in [0.2, 0.25) is 0 Å². The van der Waals surface area contributed by atoms with Gasteiger partial charge in [-0.15, -0.1) is 0 Å². The molecule has 0 fully saturated rings. The third-order valence-electron chi connectivity index (χ3n) is 4.51.